The molecular weight excluding hydrogens is 611 g/mol. The molecule has 0 radical (unpaired) electrons. The van der Waals surface area contributed by atoms with Crippen LogP contribution >= 0.6 is 23.2 Å². The van der Waals surface area contributed by atoms with Crippen LogP contribution in [0.5, 0.6) is 5.75 Å². The monoisotopic (exact) mass is 647 g/mol. The summed E-state index contributed by atoms with van der Waals surface area (Å²) < 4.78 is 36.0. The molecule has 7 nitrogen and oxygen atoms in total. The van der Waals surface area contributed by atoms with Crippen molar-refractivity contribution < 1.29 is 27.8 Å². The maximum Gasteiger partial charge on any atom is 0.337 e. The van der Waals surface area contributed by atoms with Crippen LogP contribution in [0.3, 0.4) is 0 Å². The summed E-state index contributed by atoms with van der Waals surface area (Å²) in [6, 6.07) is 17.9. The third-order valence-corrected chi connectivity index (χ3v) is 7.58. The number of ether oxygens (including phenoxy) is 2. The van der Waals surface area contributed by atoms with Gasteiger partial charge in [0, 0.05) is 23.5 Å². The first-order valence-electron chi connectivity index (χ1n) is 13.7. The second-order valence-electron chi connectivity index (χ2n) is 11.4. The van der Waals surface area contributed by atoms with E-state index >= 15 is 0 Å². The molecule has 1 heterocycles. The number of hydrogen-bond acceptors (Lipinski definition) is 6. The Hall–Kier alpha value is -3.71. The number of nitrogens with one attached hydrogen (secondary N) is 2. The van der Waals surface area contributed by atoms with Crippen LogP contribution < -0.4 is 15.4 Å². The lowest BCUT2D eigenvalue weighted by Crippen LogP contribution is -2.38. The first-order valence-corrected chi connectivity index (χ1v) is 14.4. The Balaban J connectivity index is 0.000000254. The second-order valence-corrected chi connectivity index (χ2v) is 12.3. The number of carbonyl (C=O) groups is 2. The Morgan fingerprint density at radius 1 is 1.14 bits per heavy atom. The first-order chi connectivity index (χ1) is 20.7. The number of amides is 1. The molecule has 11 heteroatoms. The van der Waals surface area contributed by atoms with E-state index in [0.29, 0.717) is 40.5 Å². The smallest absolute Gasteiger partial charge is 0.337 e. The molecular formula is C33H37Cl2F2N3O4. The van der Waals surface area contributed by atoms with Gasteiger partial charge in [-0.05, 0) is 66.8 Å². The first kappa shape index (κ1) is 36.5. The fourth-order valence-electron chi connectivity index (χ4n) is 4.78. The molecule has 0 saturated carbocycles. The molecule has 4 rings (SSSR count). The van der Waals surface area contributed by atoms with Gasteiger partial charge in [0.1, 0.15) is 17.4 Å². The van der Waals surface area contributed by atoms with Crippen LogP contribution in [0.4, 0.5) is 14.5 Å². The highest BCUT2D eigenvalue weighted by molar-refractivity contribution is 6.31. The molecule has 2 N–H and O–H groups in total. The Kier molecular flexibility index (Phi) is 13.6. The number of esters is 1. The Bertz CT molecular complexity index is 1460. The van der Waals surface area contributed by atoms with Gasteiger partial charge in [-0.15, -0.1) is 0 Å². The van der Waals surface area contributed by atoms with Crippen molar-refractivity contribution in [1.82, 2.24) is 5.32 Å². The highest BCUT2D eigenvalue weighted by atomic mass is 35.5. The quantitative estimate of drug-likeness (QED) is 0.207. The number of rotatable bonds is 6. The van der Waals surface area contributed by atoms with Crippen molar-refractivity contribution >= 4 is 41.3 Å². The summed E-state index contributed by atoms with van der Waals surface area (Å²) in [7, 11) is 2.75. The van der Waals surface area contributed by atoms with Gasteiger partial charge in [0.25, 0.3) is 0 Å². The molecule has 1 fully saturated rings. The van der Waals surface area contributed by atoms with E-state index in [1.807, 2.05) is 6.92 Å². The Morgan fingerprint density at radius 2 is 1.82 bits per heavy atom. The van der Waals surface area contributed by atoms with Gasteiger partial charge in [-0.3, -0.25) is 4.79 Å². The van der Waals surface area contributed by atoms with E-state index in [4.69, 9.17) is 27.9 Å². The number of anilines is 1. The van der Waals surface area contributed by atoms with Crippen LogP contribution in [0.25, 0.3) is 0 Å². The molecule has 0 spiro atoms. The largest absolute Gasteiger partial charge is 0.495 e. The van der Waals surface area contributed by atoms with Crippen LogP contribution in [0.15, 0.2) is 60.7 Å². The number of benzene rings is 3. The average Bonchev–Trinajstić information content (AvgIpc) is 3.29. The normalized spacial score (nSPS) is 18.8. The molecule has 1 aliphatic rings. The van der Waals surface area contributed by atoms with Gasteiger partial charge in [0.2, 0.25) is 6.41 Å². The number of hydrogen-bond donors (Lipinski definition) is 2. The third-order valence-electron chi connectivity index (χ3n) is 7.05. The molecule has 3 atom stereocenters. The third kappa shape index (κ3) is 9.91. The van der Waals surface area contributed by atoms with E-state index in [2.05, 4.69) is 42.2 Å². The summed E-state index contributed by atoms with van der Waals surface area (Å²) in [6.45, 7) is 8.98. The molecule has 236 valence electrons. The Morgan fingerprint density at radius 3 is 2.34 bits per heavy atom. The van der Waals surface area contributed by atoms with Gasteiger partial charge in [0.05, 0.1) is 42.0 Å². The van der Waals surface area contributed by atoms with E-state index < -0.39 is 17.2 Å². The zero-order valence-corrected chi connectivity index (χ0v) is 27.0. The fraction of sp³-hybridized carbons (Fsp3) is 0.364. The van der Waals surface area contributed by atoms with Crippen LogP contribution in [0, 0.1) is 33.8 Å². The second kappa shape index (κ2) is 16.4. The van der Waals surface area contributed by atoms with Crippen molar-refractivity contribution in [2.45, 2.75) is 46.1 Å². The molecule has 44 heavy (non-hydrogen) atoms. The molecule has 1 aliphatic heterocycles. The molecule has 3 aromatic rings. The number of nitriles is 1. The summed E-state index contributed by atoms with van der Waals surface area (Å²) in [4.78, 5) is 21.4. The lowest BCUT2D eigenvalue weighted by atomic mass is 9.69. The molecule has 3 aromatic carbocycles. The molecule has 0 aromatic heterocycles. The van der Waals surface area contributed by atoms with Crippen molar-refractivity contribution in [3.05, 3.63) is 93.5 Å². The van der Waals surface area contributed by atoms with Crippen LogP contribution in [-0.4, -0.2) is 39.2 Å². The van der Waals surface area contributed by atoms with Crippen molar-refractivity contribution in [3.8, 4) is 11.8 Å². The zero-order valence-electron chi connectivity index (χ0n) is 25.5. The van der Waals surface area contributed by atoms with Crippen molar-refractivity contribution in [2.75, 3.05) is 26.1 Å². The molecule has 3 unspecified atom stereocenters. The minimum Gasteiger partial charge on any atom is -0.495 e. The van der Waals surface area contributed by atoms with Gasteiger partial charge in [-0.1, -0.05) is 62.2 Å². The maximum absolute atomic E-state index is 14.3. The summed E-state index contributed by atoms with van der Waals surface area (Å²) >= 11 is 11.3. The van der Waals surface area contributed by atoms with E-state index in [1.54, 1.807) is 42.5 Å². The predicted molar refractivity (Wildman–Crippen MR) is 169 cm³/mol. The van der Waals surface area contributed by atoms with E-state index in [9.17, 15) is 23.6 Å². The van der Waals surface area contributed by atoms with Crippen LogP contribution in [-0.2, 0) is 9.53 Å². The maximum atomic E-state index is 14.3. The summed E-state index contributed by atoms with van der Waals surface area (Å²) in [5.74, 6) is -0.925. The van der Waals surface area contributed by atoms with E-state index in [0.717, 1.165) is 6.42 Å². The van der Waals surface area contributed by atoms with Crippen molar-refractivity contribution in [3.63, 3.8) is 0 Å². The van der Waals surface area contributed by atoms with E-state index in [-0.39, 0.29) is 28.2 Å². The zero-order chi connectivity index (χ0) is 33.1. The van der Waals surface area contributed by atoms with Crippen molar-refractivity contribution in [2.24, 2.45) is 10.8 Å². The number of nitrogens with zero attached hydrogens (tertiary/aromatic N) is 1. The summed E-state index contributed by atoms with van der Waals surface area (Å²) in [5, 5.41) is 16.2. The lowest BCUT2D eigenvalue weighted by Gasteiger charge is -2.33. The predicted octanol–water partition coefficient (Wildman–Crippen LogP) is 8.03. The minimum absolute atomic E-state index is 0.0471. The highest BCUT2D eigenvalue weighted by Crippen LogP contribution is 2.47. The van der Waals surface area contributed by atoms with Crippen LogP contribution in [0.2, 0.25) is 10.0 Å². The highest BCUT2D eigenvalue weighted by Gasteiger charge is 2.49. The van der Waals surface area contributed by atoms with Gasteiger partial charge in [-0.2, -0.15) is 5.26 Å². The van der Waals surface area contributed by atoms with Crippen molar-refractivity contribution in [1.29, 1.82) is 5.26 Å². The number of carbonyl (C=O) groups excluding carboxylic acids is 2. The number of methoxy groups -OCH3 is 2. The van der Waals surface area contributed by atoms with Gasteiger partial charge < -0.3 is 20.1 Å². The van der Waals surface area contributed by atoms with Gasteiger partial charge >= 0.3 is 5.97 Å². The van der Waals surface area contributed by atoms with Gasteiger partial charge in [0.15, 0.2) is 0 Å². The molecule has 1 saturated heterocycles. The number of halogens is 4. The molecule has 0 aliphatic carbocycles. The molecule has 1 amide bonds. The van der Waals surface area contributed by atoms with E-state index in [1.165, 1.54) is 32.4 Å². The minimum atomic E-state index is -0.640. The SMILES string of the molecule is CC(C)(C)CC1NCC(c2cccc(Cl)c2F)C1(C)C#N.COC(=O)c1ccc(NC=O)c(OC)c1.Fc1cccc(Cl)c1. The standard InChI is InChI=1S/C17H22ClFN2.C10H11NO4.C6H4ClF/c1-16(2,3)8-14-17(4,10-20)12(9-21-14)11-6-5-7-13(18)15(11)19;1-14-9-5-7(10(13)15-2)3-4-8(9)11-6-12;7-5-2-1-3-6(8)4-5/h5-7,12,14,21H,8-9H2,1-4H3;3-6H,1-2H3,(H,11,12);1-4H. The summed E-state index contributed by atoms with van der Waals surface area (Å²) in [5.41, 5.74) is 0.873. The van der Waals surface area contributed by atoms with Gasteiger partial charge in [-0.25, -0.2) is 13.6 Å². The summed E-state index contributed by atoms with van der Waals surface area (Å²) in [6.07, 6.45) is 1.41. The lowest BCUT2D eigenvalue weighted by molar-refractivity contribution is -0.105. The Labute approximate surface area is 267 Å². The van der Waals surface area contributed by atoms with Crippen LogP contribution in [0.1, 0.15) is 56.0 Å². The topological polar surface area (TPSA) is 100 Å². The average molecular weight is 649 g/mol. The fourth-order valence-corrected chi connectivity index (χ4v) is 5.14. The molecule has 0 bridgehead atoms.